The van der Waals surface area contributed by atoms with Crippen LogP contribution in [0.3, 0.4) is 0 Å². The Morgan fingerprint density at radius 3 is 1.57 bits per heavy atom. The van der Waals surface area contributed by atoms with Crippen molar-refractivity contribution >= 4 is 13.3 Å². The van der Waals surface area contributed by atoms with E-state index in [0.29, 0.717) is 0 Å². The Kier molecular flexibility index (Phi) is 3.78. The summed E-state index contributed by atoms with van der Waals surface area (Å²) in [6.45, 7) is 2.08. The maximum absolute atomic E-state index is 14.0. The Bertz CT molecular complexity index is 699. The Labute approximate surface area is 117 Å². The number of hydrogen-bond acceptors (Lipinski definition) is 0. The molecule has 0 amide bonds. The molecule has 0 aliphatic heterocycles. The summed E-state index contributed by atoms with van der Waals surface area (Å²) in [5, 5.41) is 0. The lowest BCUT2D eigenvalue weighted by molar-refractivity contribution is 0.447. The molecule has 0 unspecified atom stereocenters. The number of hydrogen-bond donors (Lipinski definition) is 0. The van der Waals surface area contributed by atoms with E-state index in [1.807, 2.05) is 0 Å². The monoisotopic (exact) mass is 302 g/mol. The largest absolute Gasteiger partial charge is 0.207 e. The first kappa shape index (κ1) is 15.5. The van der Waals surface area contributed by atoms with Gasteiger partial charge < -0.3 is 0 Å². The SMILES string of the molecule is Bc1cc(C)c(F)c(-c2c(F)c(F)c(C)c(F)c2F)c1F. The second-order valence-electron chi connectivity index (χ2n) is 4.77. The molecule has 21 heavy (non-hydrogen) atoms. The topological polar surface area (TPSA) is 0 Å². The van der Waals surface area contributed by atoms with Crippen LogP contribution in [0.15, 0.2) is 6.07 Å². The molecule has 2 aromatic rings. The normalized spacial score (nSPS) is 11.0. The van der Waals surface area contributed by atoms with Crippen molar-refractivity contribution in [2.75, 3.05) is 0 Å². The van der Waals surface area contributed by atoms with Gasteiger partial charge in [0.2, 0.25) is 0 Å². The Hall–Kier alpha value is -1.92. The van der Waals surface area contributed by atoms with Crippen LogP contribution in [0, 0.1) is 48.8 Å². The van der Waals surface area contributed by atoms with Crippen LogP contribution in [-0.2, 0) is 0 Å². The average Bonchev–Trinajstić information content (AvgIpc) is 2.44. The van der Waals surface area contributed by atoms with E-state index in [-0.39, 0.29) is 11.0 Å². The summed E-state index contributed by atoms with van der Waals surface area (Å²) in [7, 11) is 1.25. The Balaban J connectivity index is 3.00. The lowest BCUT2D eigenvalue weighted by Crippen LogP contribution is -2.15. The van der Waals surface area contributed by atoms with Gasteiger partial charge in [0, 0.05) is 5.56 Å². The van der Waals surface area contributed by atoms with Crippen molar-refractivity contribution in [1.29, 1.82) is 0 Å². The van der Waals surface area contributed by atoms with E-state index in [1.165, 1.54) is 14.8 Å². The minimum Gasteiger partial charge on any atom is -0.207 e. The highest BCUT2D eigenvalue weighted by Crippen LogP contribution is 2.35. The molecule has 0 fully saturated rings. The van der Waals surface area contributed by atoms with Crippen LogP contribution in [0.4, 0.5) is 26.3 Å². The van der Waals surface area contributed by atoms with Gasteiger partial charge in [0.25, 0.3) is 0 Å². The van der Waals surface area contributed by atoms with Crippen LogP contribution in [-0.4, -0.2) is 7.85 Å². The molecule has 2 aromatic carbocycles. The van der Waals surface area contributed by atoms with E-state index in [4.69, 9.17) is 0 Å². The number of halogens is 6. The summed E-state index contributed by atoms with van der Waals surface area (Å²) in [6.07, 6.45) is 0. The molecule has 0 aliphatic carbocycles. The predicted molar refractivity (Wildman–Crippen MR) is 69.3 cm³/mol. The molecule has 0 N–H and O–H groups in total. The second-order valence-corrected chi connectivity index (χ2v) is 4.77. The number of rotatable bonds is 1. The third kappa shape index (κ3) is 2.20. The first-order valence-electron chi connectivity index (χ1n) is 5.96. The van der Waals surface area contributed by atoms with Gasteiger partial charge in [0.15, 0.2) is 23.3 Å². The molecule has 0 heterocycles. The van der Waals surface area contributed by atoms with Crippen LogP contribution < -0.4 is 5.46 Å². The fourth-order valence-electron chi connectivity index (χ4n) is 2.12. The molecule has 0 atom stereocenters. The molecule has 0 nitrogen and oxygen atoms in total. The first-order valence-corrected chi connectivity index (χ1v) is 5.96. The Morgan fingerprint density at radius 1 is 0.667 bits per heavy atom. The zero-order valence-electron chi connectivity index (χ0n) is 11.3. The highest BCUT2D eigenvalue weighted by Gasteiger charge is 2.29. The fourth-order valence-corrected chi connectivity index (χ4v) is 2.12. The van der Waals surface area contributed by atoms with Crippen molar-refractivity contribution in [3.63, 3.8) is 0 Å². The van der Waals surface area contributed by atoms with Crippen molar-refractivity contribution in [2.24, 2.45) is 0 Å². The van der Waals surface area contributed by atoms with Gasteiger partial charge in [-0.2, -0.15) is 0 Å². The van der Waals surface area contributed by atoms with Gasteiger partial charge in [-0.25, -0.2) is 26.3 Å². The van der Waals surface area contributed by atoms with E-state index in [1.54, 1.807) is 0 Å². The van der Waals surface area contributed by atoms with Crippen LogP contribution in [0.25, 0.3) is 11.1 Å². The summed E-state index contributed by atoms with van der Waals surface area (Å²) < 4.78 is 83.0. The molecule has 0 saturated heterocycles. The summed E-state index contributed by atoms with van der Waals surface area (Å²) >= 11 is 0. The van der Waals surface area contributed by atoms with Crippen LogP contribution in [0.1, 0.15) is 11.1 Å². The summed E-state index contributed by atoms with van der Waals surface area (Å²) in [5.74, 6) is -9.54. The quantitative estimate of drug-likeness (QED) is 0.431. The van der Waals surface area contributed by atoms with Crippen molar-refractivity contribution in [3.8, 4) is 11.1 Å². The molecule has 0 aromatic heterocycles. The van der Waals surface area contributed by atoms with Gasteiger partial charge in [0.05, 0.1) is 11.1 Å². The number of aryl methyl sites for hydroxylation is 1. The minimum atomic E-state index is -1.82. The van der Waals surface area contributed by atoms with Gasteiger partial charge in [0.1, 0.15) is 19.5 Å². The molecular formula is C14H9BF6. The lowest BCUT2D eigenvalue weighted by atomic mass is 9.88. The molecule has 110 valence electrons. The summed E-state index contributed by atoms with van der Waals surface area (Å²) in [5.41, 5.74) is -3.56. The average molecular weight is 302 g/mol. The third-order valence-corrected chi connectivity index (χ3v) is 3.30. The smallest absolute Gasteiger partial charge is 0.170 e. The zero-order chi connectivity index (χ0) is 16.1. The minimum absolute atomic E-state index is 0.0934. The molecule has 2 rings (SSSR count). The first-order chi connectivity index (χ1) is 9.68. The van der Waals surface area contributed by atoms with Gasteiger partial charge in [-0.05, 0) is 19.4 Å². The number of benzene rings is 2. The van der Waals surface area contributed by atoms with Gasteiger partial charge in [-0.15, -0.1) is 0 Å². The van der Waals surface area contributed by atoms with E-state index in [9.17, 15) is 26.3 Å². The highest BCUT2D eigenvalue weighted by molar-refractivity contribution is 6.33. The Morgan fingerprint density at radius 2 is 1.10 bits per heavy atom. The van der Waals surface area contributed by atoms with Gasteiger partial charge in [-0.3, -0.25) is 0 Å². The van der Waals surface area contributed by atoms with Crippen LogP contribution in [0.2, 0.25) is 0 Å². The molecule has 7 heteroatoms. The van der Waals surface area contributed by atoms with Crippen molar-refractivity contribution in [3.05, 3.63) is 52.1 Å². The van der Waals surface area contributed by atoms with E-state index in [2.05, 4.69) is 0 Å². The van der Waals surface area contributed by atoms with Gasteiger partial charge in [-0.1, -0.05) is 11.5 Å². The molecule has 0 spiro atoms. The highest BCUT2D eigenvalue weighted by atomic mass is 19.2. The van der Waals surface area contributed by atoms with Crippen molar-refractivity contribution < 1.29 is 26.3 Å². The molecule has 0 radical (unpaired) electrons. The zero-order valence-corrected chi connectivity index (χ0v) is 11.3. The molecule has 0 bridgehead atoms. The van der Waals surface area contributed by atoms with Crippen LogP contribution >= 0.6 is 0 Å². The van der Waals surface area contributed by atoms with E-state index >= 15 is 0 Å². The van der Waals surface area contributed by atoms with E-state index in [0.717, 1.165) is 13.0 Å². The summed E-state index contributed by atoms with van der Waals surface area (Å²) in [4.78, 5) is 0. The third-order valence-electron chi connectivity index (χ3n) is 3.30. The fraction of sp³-hybridized carbons (Fsp3) is 0.143. The second kappa shape index (κ2) is 5.13. The summed E-state index contributed by atoms with van der Waals surface area (Å²) in [6, 6.07) is 1.13. The van der Waals surface area contributed by atoms with Crippen molar-refractivity contribution in [1.82, 2.24) is 0 Å². The van der Waals surface area contributed by atoms with E-state index < -0.39 is 51.6 Å². The maximum atomic E-state index is 14.0. The maximum Gasteiger partial charge on any atom is 0.170 e. The molecule has 0 saturated carbocycles. The van der Waals surface area contributed by atoms with Crippen LogP contribution in [0.5, 0.6) is 0 Å². The standard InChI is InChI=1S/C14H9BF6/c1-4-3-6(15)12(19)7(9(4)16)8-13(20)10(17)5(2)11(18)14(8)21/h3H,15H2,1-2H3. The van der Waals surface area contributed by atoms with Gasteiger partial charge >= 0.3 is 0 Å². The molecular weight excluding hydrogens is 293 g/mol. The lowest BCUT2D eigenvalue weighted by Gasteiger charge is -2.14. The predicted octanol–water partition coefficient (Wildman–Crippen LogP) is 3.06. The molecule has 0 aliphatic rings. The van der Waals surface area contributed by atoms with Crippen molar-refractivity contribution in [2.45, 2.75) is 13.8 Å².